The second-order valence-corrected chi connectivity index (χ2v) is 5.88. The molecule has 0 atom stereocenters. The van der Waals surface area contributed by atoms with Crippen molar-refractivity contribution in [2.75, 3.05) is 13.1 Å². The number of fused-ring (bicyclic) bond motifs is 1. The van der Waals surface area contributed by atoms with Gasteiger partial charge in [0.1, 0.15) is 0 Å². The van der Waals surface area contributed by atoms with E-state index in [1.54, 1.807) is 0 Å². The van der Waals surface area contributed by atoms with Crippen LogP contribution in [0.15, 0.2) is 18.3 Å². The lowest BCUT2D eigenvalue weighted by molar-refractivity contribution is 0.169. The van der Waals surface area contributed by atoms with E-state index in [0.717, 1.165) is 24.6 Å². The first-order chi connectivity index (χ1) is 9.13. The van der Waals surface area contributed by atoms with Gasteiger partial charge in [0, 0.05) is 18.2 Å². The molecule has 1 aliphatic heterocycles. The van der Waals surface area contributed by atoms with Crippen LogP contribution in [0, 0.1) is 6.92 Å². The number of aryl methyl sites for hydroxylation is 1. The summed E-state index contributed by atoms with van der Waals surface area (Å²) in [5.41, 5.74) is 2.19. The summed E-state index contributed by atoms with van der Waals surface area (Å²) >= 11 is 0. The van der Waals surface area contributed by atoms with Crippen molar-refractivity contribution >= 4 is 5.65 Å². The van der Waals surface area contributed by atoms with Crippen LogP contribution >= 0.6 is 0 Å². The van der Waals surface area contributed by atoms with Crippen molar-refractivity contribution in [2.45, 2.75) is 45.6 Å². The molecule has 1 fully saturated rings. The molecule has 0 N–H and O–H groups in total. The van der Waals surface area contributed by atoms with Gasteiger partial charge in [-0.2, -0.15) is 5.10 Å². The summed E-state index contributed by atoms with van der Waals surface area (Å²) in [6, 6.07) is 4.79. The Morgan fingerprint density at radius 3 is 2.63 bits per heavy atom. The quantitative estimate of drug-likeness (QED) is 0.830. The summed E-state index contributed by atoms with van der Waals surface area (Å²) in [4.78, 5) is 7.22. The van der Waals surface area contributed by atoms with Crippen molar-refractivity contribution in [3.63, 3.8) is 0 Å². The molecule has 2 aromatic rings. The van der Waals surface area contributed by atoms with E-state index in [-0.39, 0.29) is 0 Å². The van der Waals surface area contributed by atoms with E-state index >= 15 is 0 Å². The van der Waals surface area contributed by atoms with E-state index in [4.69, 9.17) is 0 Å². The molecule has 0 saturated carbocycles. The van der Waals surface area contributed by atoms with Crippen molar-refractivity contribution in [2.24, 2.45) is 0 Å². The molecule has 4 heteroatoms. The van der Waals surface area contributed by atoms with Crippen molar-refractivity contribution in [1.29, 1.82) is 0 Å². The fourth-order valence-electron chi connectivity index (χ4n) is 2.85. The molecule has 0 amide bonds. The lowest BCUT2D eigenvalue weighted by atomic mass is 9.95. The molecule has 1 saturated heterocycles. The molecule has 3 rings (SSSR count). The number of nitrogens with zero attached hydrogens (tertiary/aromatic N) is 4. The van der Waals surface area contributed by atoms with E-state index in [1.807, 2.05) is 4.52 Å². The maximum absolute atomic E-state index is 4.68. The predicted octanol–water partition coefficient (Wildman–Crippen LogP) is 2.63. The first-order valence-corrected chi connectivity index (χ1v) is 7.20. The normalized spacial score (nSPS) is 18.5. The molecule has 2 aromatic heterocycles. The molecule has 3 heterocycles. The average Bonchev–Trinajstić information content (AvgIpc) is 2.81. The van der Waals surface area contributed by atoms with Gasteiger partial charge in [-0.3, -0.25) is 0 Å². The molecule has 0 aromatic carbocycles. The number of hydrogen-bond acceptors (Lipinski definition) is 3. The molecule has 1 aliphatic rings. The molecule has 0 bridgehead atoms. The minimum Gasteiger partial charge on any atom is -0.301 e. The van der Waals surface area contributed by atoms with Gasteiger partial charge in [0.05, 0.1) is 0 Å². The first kappa shape index (κ1) is 12.6. The fourth-order valence-corrected chi connectivity index (χ4v) is 2.85. The predicted molar refractivity (Wildman–Crippen MR) is 76.4 cm³/mol. The first-order valence-electron chi connectivity index (χ1n) is 7.20. The highest BCUT2D eigenvalue weighted by atomic mass is 15.3. The van der Waals surface area contributed by atoms with Crippen LogP contribution in [-0.4, -0.2) is 38.6 Å². The molecule has 0 radical (unpaired) electrons. The smallest absolute Gasteiger partial charge is 0.155 e. The molecule has 19 heavy (non-hydrogen) atoms. The van der Waals surface area contributed by atoms with Crippen LogP contribution in [0.1, 0.15) is 44.0 Å². The van der Waals surface area contributed by atoms with Gasteiger partial charge in [0.25, 0.3) is 0 Å². The monoisotopic (exact) mass is 258 g/mol. The molecule has 0 spiro atoms. The Labute approximate surface area is 114 Å². The molecule has 0 unspecified atom stereocenters. The second kappa shape index (κ2) is 4.93. The van der Waals surface area contributed by atoms with Gasteiger partial charge < -0.3 is 4.90 Å². The minimum atomic E-state index is 0.523. The Kier molecular flexibility index (Phi) is 3.27. The van der Waals surface area contributed by atoms with E-state index in [9.17, 15) is 0 Å². The standard InChI is InChI=1S/C15H22N4/c1-11(2)18-8-6-13(7-9-18)15-16-14-5-4-12(3)10-19(14)17-15/h4-5,10-11,13H,6-9H2,1-3H3. The third kappa shape index (κ3) is 2.50. The zero-order valence-corrected chi connectivity index (χ0v) is 12.0. The lowest BCUT2D eigenvalue weighted by Gasteiger charge is -2.33. The summed E-state index contributed by atoms with van der Waals surface area (Å²) in [6.45, 7) is 8.95. The van der Waals surface area contributed by atoms with Gasteiger partial charge in [-0.05, 0) is 58.3 Å². The van der Waals surface area contributed by atoms with Gasteiger partial charge in [0.15, 0.2) is 11.5 Å². The van der Waals surface area contributed by atoms with Gasteiger partial charge in [0.2, 0.25) is 0 Å². The number of piperidine rings is 1. The van der Waals surface area contributed by atoms with Crippen LogP contribution in [0.25, 0.3) is 5.65 Å². The van der Waals surface area contributed by atoms with Gasteiger partial charge in [-0.15, -0.1) is 0 Å². The van der Waals surface area contributed by atoms with E-state index in [1.165, 1.54) is 18.4 Å². The highest BCUT2D eigenvalue weighted by molar-refractivity contribution is 5.38. The number of pyridine rings is 1. The van der Waals surface area contributed by atoms with Crippen molar-refractivity contribution < 1.29 is 0 Å². The minimum absolute atomic E-state index is 0.523. The summed E-state index contributed by atoms with van der Waals surface area (Å²) in [6.07, 6.45) is 4.40. The van der Waals surface area contributed by atoms with Crippen molar-refractivity contribution in [1.82, 2.24) is 19.5 Å². The van der Waals surface area contributed by atoms with Crippen LogP contribution in [0.2, 0.25) is 0 Å². The molecule has 102 valence electrons. The fraction of sp³-hybridized carbons (Fsp3) is 0.600. The van der Waals surface area contributed by atoms with Crippen LogP contribution in [0.5, 0.6) is 0 Å². The van der Waals surface area contributed by atoms with E-state index in [0.29, 0.717) is 12.0 Å². The maximum Gasteiger partial charge on any atom is 0.155 e. The van der Waals surface area contributed by atoms with Gasteiger partial charge >= 0.3 is 0 Å². The molecule has 4 nitrogen and oxygen atoms in total. The topological polar surface area (TPSA) is 33.4 Å². The third-order valence-corrected chi connectivity index (χ3v) is 4.12. The maximum atomic E-state index is 4.68. The number of rotatable bonds is 2. The number of likely N-dealkylation sites (tertiary alicyclic amines) is 1. The summed E-state index contributed by atoms with van der Waals surface area (Å²) in [5, 5.41) is 4.65. The Morgan fingerprint density at radius 2 is 1.95 bits per heavy atom. The van der Waals surface area contributed by atoms with Crippen molar-refractivity contribution in [3.05, 3.63) is 29.7 Å². The van der Waals surface area contributed by atoms with Gasteiger partial charge in [-0.1, -0.05) is 6.07 Å². The number of aromatic nitrogens is 3. The van der Waals surface area contributed by atoms with E-state index in [2.05, 4.69) is 54.1 Å². The lowest BCUT2D eigenvalue weighted by Crippen LogP contribution is -2.38. The summed E-state index contributed by atoms with van der Waals surface area (Å²) < 4.78 is 1.92. The van der Waals surface area contributed by atoms with Crippen LogP contribution in [0.3, 0.4) is 0 Å². The summed E-state index contributed by atoms with van der Waals surface area (Å²) in [7, 11) is 0. The summed E-state index contributed by atoms with van der Waals surface area (Å²) in [5.74, 6) is 1.55. The number of hydrogen-bond donors (Lipinski definition) is 0. The third-order valence-electron chi connectivity index (χ3n) is 4.12. The zero-order chi connectivity index (χ0) is 13.4. The van der Waals surface area contributed by atoms with Crippen LogP contribution in [-0.2, 0) is 0 Å². The molecular formula is C15H22N4. The van der Waals surface area contributed by atoms with Gasteiger partial charge in [-0.25, -0.2) is 9.50 Å². The largest absolute Gasteiger partial charge is 0.301 e. The van der Waals surface area contributed by atoms with Crippen LogP contribution < -0.4 is 0 Å². The Hall–Kier alpha value is -1.42. The molecule has 0 aliphatic carbocycles. The second-order valence-electron chi connectivity index (χ2n) is 5.88. The zero-order valence-electron chi connectivity index (χ0n) is 12.0. The Morgan fingerprint density at radius 1 is 1.21 bits per heavy atom. The highest BCUT2D eigenvalue weighted by Crippen LogP contribution is 2.26. The van der Waals surface area contributed by atoms with Crippen molar-refractivity contribution in [3.8, 4) is 0 Å². The SMILES string of the molecule is Cc1ccc2nc(C3CCN(C(C)C)CC3)nn2c1. The van der Waals surface area contributed by atoms with E-state index < -0.39 is 0 Å². The highest BCUT2D eigenvalue weighted by Gasteiger charge is 2.24. The average molecular weight is 258 g/mol. The Balaban J connectivity index is 1.78. The molecular weight excluding hydrogens is 236 g/mol. The van der Waals surface area contributed by atoms with Crippen LogP contribution in [0.4, 0.5) is 0 Å². The Bertz CT molecular complexity index is 565.